The standard InChI is InChI=1S/C18H19IN6O3/c1-2-12-11(19)8-13(28-12)25-16-14(23-18(25)27)15(20-9-21-16)24-17(26)22-10-6-4-3-5-7-10/h3-7,9,11-13H,2,8H2,1H3,(H,23,27)(H2,20,21,22,24,26)/t11?,12-,13-/m1/s1. The number of imidazole rings is 1. The van der Waals surface area contributed by atoms with Gasteiger partial charge in [0, 0.05) is 16.0 Å². The van der Waals surface area contributed by atoms with Crippen molar-refractivity contribution < 1.29 is 9.53 Å². The summed E-state index contributed by atoms with van der Waals surface area (Å²) in [6.07, 6.45) is 2.61. The summed E-state index contributed by atoms with van der Waals surface area (Å²) >= 11 is 2.35. The highest BCUT2D eigenvalue weighted by Gasteiger charge is 2.35. The summed E-state index contributed by atoms with van der Waals surface area (Å²) in [6, 6.07) is 8.59. The molecule has 0 aliphatic carbocycles. The van der Waals surface area contributed by atoms with Gasteiger partial charge in [0.2, 0.25) is 0 Å². The summed E-state index contributed by atoms with van der Waals surface area (Å²) in [4.78, 5) is 36.0. The third kappa shape index (κ3) is 3.61. The molecule has 1 aliphatic heterocycles. The molecule has 146 valence electrons. The number of alkyl halides is 1. The van der Waals surface area contributed by atoms with Crippen LogP contribution in [0, 0.1) is 0 Å². The van der Waals surface area contributed by atoms with Crippen LogP contribution in [0.15, 0.2) is 41.5 Å². The van der Waals surface area contributed by atoms with Gasteiger partial charge in [0.15, 0.2) is 11.5 Å². The van der Waals surface area contributed by atoms with E-state index in [1.54, 1.807) is 12.1 Å². The fraction of sp³-hybridized carbons (Fsp3) is 0.333. The van der Waals surface area contributed by atoms with Gasteiger partial charge in [-0.25, -0.2) is 24.1 Å². The van der Waals surface area contributed by atoms with Gasteiger partial charge in [-0.05, 0) is 18.6 Å². The van der Waals surface area contributed by atoms with Crippen LogP contribution >= 0.6 is 22.6 Å². The minimum absolute atomic E-state index is 0.0959. The van der Waals surface area contributed by atoms with Gasteiger partial charge in [-0.3, -0.25) is 5.32 Å². The Hall–Kier alpha value is -2.47. The van der Waals surface area contributed by atoms with Gasteiger partial charge in [-0.1, -0.05) is 47.7 Å². The van der Waals surface area contributed by atoms with E-state index < -0.39 is 12.3 Å². The number of carbonyl (C=O) groups is 1. The summed E-state index contributed by atoms with van der Waals surface area (Å²) in [5.74, 6) is 0.227. The maximum absolute atomic E-state index is 12.6. The number of hydrogen-bond acceptors (Lipinski definition) is 5. The highest BCUT2D eigenvalue weighted by Crippen LogP contribution is 2.35. The molecule has 0 radical (unpaired) electrons. The summed E-state index contributed by atoms with van der Waals surface area (Å²) in [5, 5.41) is 5.38. The van der Waals surface area contributed by atoms with Crippen LogP contribution < -0.4 is 16.3 Å². The molecule has 3 heterocycles. The average molecular weight is 494 g/mol. The van der Waals surface area contributed by atoms with Crippen LogP contribution in [0.5, 0.6) is 0 Å². The molecule has 10 heteroatoms. The Morgan fingerprint density at radius 3 is 2.82 bits per heavy atom. The highest BCUT2D eigenvalue weighted by molar-refractivity contribution is 14.1. The normalized spacial score (nSPS) is 21.7. The zero-order valence-electron chi connectivity index (χ0n) is 15.1. The maximum atomic E-state index is 12.6. The summed E-state index contributed by atoms with van der Waals surface area (Å²) in [5.41, 5.74) is 1.08. The number of benzene rings is 1. The van der Waals surface area contributed by atoms with Gasteiger partial charge in [0.25, 0.3) is 0 Å². The topological polar surface area (TPSA) is 114 Å². The number of amides is 2. The fourth-order valence-corrected chi connectivity index (χ4v) is 4.41. The first-order valence-corrected chi connectivity index (χ1v) is 10.2. The zero-order chi connectivity index (χ0) is 19.7. The lowest BCUT2D eigenvalue weighted by molar-refractivity contribution is 0.00240. The van der Waals surface area contributed by atoms with Crippen molar-refractivity contribution in [3.63, 3.8) is 0 Å². The van der Waals surface area contributed by atoms with E-state index in [4.69, 9.17) is 4.74 Å². The monoisotopic (exact) mass is 494 g/mol. The lowest BCUT2D eigenvalue weighted by atomic mass is 10.2. The van der Waals surface area contributed by atoms with E-state index in [1.807, 2.05) is 18.2 Å². The number of hydrogen-bond donors (Lipinski definition) is 3. The summed E-state index contributed by atoms with van der Waals surface area (Å²) in [7, 11) is 0. The molecule has 0 spiro atoms. The van der Waals surface area contributed by atoms with Crippen molar-refractivity contribution in [3.8, 4) is 0 Å². The van der Waals surface area contributed by atoms with Crippen molar-refractivity contribution in [2.75, 3.05) is 10.6 Å². The summed E-state index contributed by atoms with van der Waals surface area (Å²) in [6.45, 7) is 2.06. The number of nitrogens with zero attached hydrogens (tertiary/aromatic N) is 3. The molecule has 1 unspecified atom stereocenters. The molecule has 1 aliphatic rings. The lowest BCUT2D eigenvalue weighted by Crippen LogP contribution is -2.22. The lowest BCUT2D eigenvalue weighted by Gasteiger charge is -2.13. The number of rotatable bonds is 4. The molecule has 28 heavy (non-hydrogen) atoms. The number of aromatic nitrogens is 4. The smallest absolute Gasteiger partial charge is 0.329 e. The van der Waals surface area contributed by atoms with E-state index in [1.165, 1.54) is 10.9 Å². The van der Waals surface area contributed by atoms with Crippen LogP contribution in [0.1, 0.15) is 26.0 Å². The molecule has 3 atom stereocenters. The first-order valence-electron chi connectivity index (χ1n) is 8.94. The minimum atomic E-state index is -0.463. The van der Waals surface area contributed by atoms with Crippen molar-refractivity contribution in [2.45, 2.75) is 36.0 Å². The quantitative estimate of drug-likeness (QED) is 0.381. The summed E-state index contributed by atoms with van der Waals surface area (Å²) < 4.78 is 7.85. The molecular weight excluding hydrogens is 475 g/mol. The third-order valence-electron chi connectivity index (χ3n) is 4.62. The van der Waals surface area contributed by atoms with E-state index in [0.717, 1.165) is 6.42 Å². The predicted molar refractivity (Wildman–Crippen MR) is 114 cm³/mol. The predicted octanol–water partition coefficient (Wildman–Crippen LogP) is 3.26. The number of anilines is 2. The Balaban J connectivity index is 1.61. The van der Waals surface area contributed by atoms with E-state index >= 15 is 0 Å². The molecule has 3 N–H and O–H groups in total. The van der Waals surface area contributed by atoms with Gasteiger partial charge in [0.05, 0.1) is 6.10 Å². The molecule has 0 bridgehead atoms. The molecule has 0 saturated carbocycles. The Kier molecular flexibility index (Phi) is 5.31. The second-order valence-corrected chi connectivity index (χ2v) is 8.06. The minimum Gasteiger partial charge on any atom is -0.353 e. The number of nitrogens with one attached hydrogen (secondary N) is 3. The molecule has 2 amide bonds. The molecule has 2 aromatic heterocycles. The molecule has 9 nitrogen and oxygen atoms in total. The first kappa shape index (κ1) is 18.9. The first-order chi connectivity index (χ1) is 13.6. The molecule has 1 aromatic carbocycles. The number of fused-ring (bicyclic) bond motifs is 1. The van der Waals surface area contributed by atoms with E-state index in [0.29, 0.717) is 27.2 Å². The third-order valence-corrected chi connectivity index (χ3v) is 5.93. The molecule has 1 saturated heterocycles. The van der Waals surface area contributed by atoms with Crippen LogP contribution in [-0.4, -0.2) is 35.6 Å². The van der Waals surface area contributed by atoms with Gasteiger partial charge in [-0.15, -0.1) is 0 Å². The van der Waals surface area contributed by atoms with Crippen molar-refractivity contribution in [1.29, 1.82) is 0 Å². The van der Waals surface area contributed by atoms with Crippen LogP contribution in [0.4, 0.5) is 16.3 Å². The number of halogens is 1. The second-order valence-electron chi connectivity index (χ2n) is 6.46. The van der Waals surface area contributed by atoms with Gasteiger partial charge in [0.1, 0.15) is 18.1 Å². The SMILES string of the molecule is CC[C@H]1O[C@@H](n2c(=O)[nH]c3c(NC(=O)Nc4ccccc4)ncnc32)CC1I. The van der Waals surface area contributed by atoms with Crippen LogP contribution in [0.25, 0.3) is 11.2 Å². The molecule has 3 aromatic rings. The second kappa shape index (κ2) is 7.87. The van der Waals surface area contributed by atoms with Gasteiger partial charge >= 0.3 is 11.7 Å². The molecular formula is C18H19IN6O3. The van der Waals surface area contributed by atoms with Gasteiger partial charge in [-0.2, -0.15) is 0 Å². The highest BCUT2D eigenvalue weighted by atomic mass is 127. The van der Waals surface area contributed by atoms with E-state index in [2.05, 4.69) is 55.1 Å². The maximum Gasteiger partial charge on any atom is 0.329 e. The Bertz CT molecular complexity index is 1050. The van der Waals surface area contributed by atoms with Crippen molar-refractivity contribution in [2.24, 2.45) is 0 Å². The Morgan fingerprint density at radius 2 is 2.11 bits per heavy atom. The number of aromatic amines is 1. The largest absolute Gasteiger partial charge is 0.353 e. The molecule has 1 fully saturated rings. The van der Waals surface area contributed by atoms with Crippen LogP contribution in [-0.2, 0) is 4.74 Å². The Labute approximate surface area is 174 Å². The van der Waals surface area contributed by atoms with Gasteiger partial charge < -0.3 is 15.0 Å². The number of carbonyl (C=O) groups excluding carboxylic acids is 1. The Morgan fingerprint density at radius 1 is 1.32 bits per heavy atom. The van der Waals surface area contributed by atoms with Crippen molar-refractivity contribution >= 4 is 51.3 Å². The number of ether oxygens (including phenoxy) is 1. The molecule has 4 rings (SSSR count). The van der Waals surface area contributed by atoms with Crippen LogP contribution in [0.3, 0.4) is 0 Å². The fourth-order valence-electron chi connectivity index (χ4n) is 3.30. The van der Waals surface area contributed by atoms with E-state index in [9.17, 15) is 9.59 Å². The number of urea groups is 1. The number of para-hydroxylation sites is 1. The van der Waals surface area contributed by atoms with E-state index in [-0.39, 0.29) is 17.6 Å². The number of H-pyrrole nitrogens is 1. The van der Waals surface area contributed by atoms with Crippen LogP contribution in [0.2, 0.25) is 0 Å². The van der Waals surface area contributed by atoms with Crippen molar-refractivity contribution in [3.05, 3.63) is 47.1 Å². The average Bonchev–Trinajstić information content (AvgIpc) is 3.21. The van der Waals surface area contributed by atoms with Crippen molar-refractivity contribution in [1.82, 2.24) is 19.5 Å². The zero-order valence-corrected chi connectivity index (χ0v) is 17.2.